The highest BCUT2D eigenvalue weighted by Crippen LogP contribution is 2.40. The molecule has 0 aliphatic heterocycles. The van der Waals surface area contributed by atoms with Crippen LogP contribution in [0.15, 0.2) is 91.0 Å². The summed E-state index contributed by atoms with van der Waals surface area (Å²) < 4.78 is 15.3. The molecule has 3 aromatic carbocycles. The third-order valence-corrected chi connectivity index (χ3v) is 6.64. The van der Waals surface area contributed by atoms with Gasteiger partial charge in [0.25, 0.3) is 0 Å². The smallest absolute Gasteiger partial charge is 0.155 e. The lowest BCUT2D eigenvalue weighted by Crippen LogP contribution is -2.43. The number of nitrogens with two attached hydrogens (primary N) is 1. The lowest BCUT2D eigenvalue weighted by atomic mass is 9.72. The van der Waals surface area contributed by atoms with E-state index in [0.717, 1.165) is 52.3 Å². The number of aromatic nitrogens is 3. The topological polar surface area (TPSA) is 56.2 Å². The monoisotopic (exact) mass is 434 g/mol. The number of hydrogen-bond donors (Lipinski definition) is 1. The maximum atomic E-state index is 13.4. The van der Waals surface area contributed by atoms with Gasteiger partial charge in [0.2, 0.25) is 0 Å². The first kappa shape index (κ1) is 19.8. The number of halogens is 1. The molecule has 1 fully saturated rings. The first-order valence-corrected chi connectivity index (χ1v) is 11.2. The van der Waals surface area contributed by atoms with Gasteiger partial charge in [-0.2, -0.15) is 5.10 Å². The van der Waals surface area contributed by atoms with Crippen LogP contribution in [0.4, 0.5) is 4.39 Å². The summed E-state index contributed by atoms with van der Waals surface area (Å²) in [7, 11) is 0. The Balaban J connectivity index is 1.52. The summed E-state index contributed by atoms with van der Waals surface area (Å²) in [4.78, 5) is 4.94. The van der Waals surface area contributed by atoms with Crippen LogP contribution in [-0.2, 0) is 5.54 Å². The number of fused-ring (bicyclic) bond motifs is 1. The molecule has 2 heterocycles. The minimum Gasteiger partial charge on any atom is -0.321 e. The SMILES string of the molecule is NC1(c2ccc(-c3nc4ccc(-c5ccc(F)cc5)nn4c3-c3ccccc3)cc2)CCC1. The Morgan fingerprint density at radius 3 is 2.12 bits per heavy atom. The summed E-state index contributed by atoms with van der Waals surface area (Å²) in [6.07, 6.45) is 3.25. The number of benzene rings is 3. The molecule has 2 aromatic heterocycles. The summed E-state index contributed by atoms with van der Waals surface area (Å²) in [6.45, 7) is 0. The standard InChI is InChI=1S/C28H23FN4/c29-23-13-9-19(10-14-23)24-15-16-25-31-26(27(33(25)32-24)21-5-2-1-3-6-21)20-7-11-22(12-8-20)28(30)17-4-18-28/h1-3,5-16H,4,17-18,30H2. The fraction of sp³-hybridized carbons (Fsp3) is 0.143. The van der Waals surface area contributed by atoms with E-state index in [0.29, 0.717) is 0 Å². The highest BCUT2D eigenvalue weighted by Gasteiger charge is 2.34. The lowest BCUT2D eigenvalue weighted by Gasteiger charge is -2.38. The van der Waals surface area contributed by atoms with E-state index < -0.39 is 0 Å². The minimum absolute atomic E-state index is 0.189. The molecule has 33 heavy (non-hydrogen) atoms. The second kappa shape index (κ2) is 7.64. The van der Waals surface area contributed by atoms with Gasteiger partial charge in [0, 0.05) is 22.2 Å². The Bertz CT molecular complexity index is 1430. The van der Waals surface area contributed by atoms with Gasteiger partial charge in [0.05, 0.1) is 11.4 Å². The van der Waals surface area contributed by atoms with E-state index in [1.165, 1.54) is 24.1 Å². The predicted molar refractivity (Wildman–Crippen MR) is 129 cm³/mol. The average Bonchev–Trinajstić information content (AvgIpc) is 3.22. The zero-order valence-electron chi connectivity index (χ0n) is 18.1. The molecule has 162 valence electrons. The van der Waals surface area contributed by atoms with Gasteiger partial charge < -0.3 is 5.73 Å². The molecular weight excluding hydrogens is 411 g/mol. The largest absolute Gasteiger partial charge is 0.321 e. The number of rotatable bonds is 4. The van der Waals surface area contributed by atoms with Crippen molar-refractivity contribution in [2.24, 2.45) is 5.73 Å². The summed E-state index contributed by atoms with van der Waals surface area (Å²) in [6, 6.07) is 28.9. The average molecular weight is 435 g/mol. The number of hydrogen-bond acceptors (Lipinski definition) is 3. The van der Waals surface area contributed by atoms with Crippen LogP contribution in [0.2, 0.25) is 0 Å². The van der Waals surface area contributed by atoms with Crippen LogP contribution in [0, 0.1) is 5.82 Å². The Morgan fingerprint density at radius 1 is 0.758 bits per heavy atom. The zero-order valence-corrected chi connectivity index (χ0v) is 18.1. The van der Waals surface area contributed by atoms with E-state index in [-0.39, 0.29) is 11.4 Å². The van der Waals surface area contributed by atoms with Gasteiger partial charge in [-0.05, 0) is 61.2 Å². The van der Waals surface area contributed by atoms with E-state index in [2.05, 4.69) is 36.4 Å². The van der Waals surface area contributed by atoms with Crippen LogP contribution in [0.25, 0.3) is 39.4 Å². The highest BCUT2D eigenvalue weighted by molar-refractivity contribution is 5.82. The van der Waals surface area contributed by atoms with Gasteiger partial charge in [0.1, 0.15) is 11.5 Å². The Hall–Kier alpha value is -3.83. The predicted octanol–water partition coefficient (Wildman–Crippen LogP) is 6.21. The normalized spacial score (nSPS) is 14.8. The van der Waals surface area contributed by atoms with Gasteiger partial charge >= 0.3 is 0 Å². The molecule has 1 aliphatic rings. The van der Waals surface area contributed by atoms with E-state index in [1.807, 2.05) is 34.8 Å². The third-order valence-electron chi connectivity index (χ3n) is 6.64. The molecule has 0 saturated heterocycles. The summed E-state index contributed by atoms with van der Waals surface area (Å²) in [5.74, 6) is -0.265. The fourth-order valence-corrected chi connectivity index (χ4v) is 4.57. The molecule has 0 amide bonds. The van der Waals surface area contributed by atoms with Gasteiger partial charge in [-0.25, -0.2) is 13.9 Å². The van der Waals surface area contributed by atoms with Crippen LogP contribution in [0.1, 0.15) is 24.8 Å². The molecule has 5 aromatic rings. The Kier molecular flexibility index (Phi) is 4.59. The molecule has 0 unspecified atom stereocenters. The van der Waals surface area contributed by atoms with E-state index in [9.17, 15) is 4.39 Å². The van der Waals surface area contributed by atoms with Crippen LogP contribution < -0.4 is 5.73 Å². The minimum atomic E-state index is -0.265. The van der Waals surface area contributed by atoms with Gasteiger partial charge in [-0.1, -0.05) is 54.6 Å². The van der Waals surface area contributed by atoms with Gasteiger partial charge in [-0.15, -0.1) is 0 Å². The number of imidazole rings is 1. The van der Waals surface area contributed by atoms with Gasteiger partial charge in [-0.3, -0.25) is 0 Å². The third kappa shape index (κ3) is 3.41. The zero-order chi connectivity index (χ0) is 22.4. The van der Waals surface area contributed by atoms with Crippen LogP contribution in [0.3, 0.4) is 0 Å². The maximum absolute atomic E-state index is 13.4. The van der Waals surface area contributed by atoms with Crippen molar-refractivity contribution >= 4 is 5.65 Å². The Morgan fingerprint density at radius 2 is 1.45 bits per heavy atom. The first-order valence-electron chi connectivity index (χ1n) is 11.2. The second-order valence-electron chi connectivity index (χ2n) is 8.76. The molecule has 1 aliphatic carbocycles. The molecule has 1 saturated carbocycles. The van der Waals surface area contributed by atoms with E-state index in [1.54, 1.807) is 12.1 Å². The molecule has 0 atom stereocenters. The lowest BCUT2D eigenvalue weighted by molar-refractivity contribution is 0.253. The van der Waals surface area contributed by atoms with Crippen molar-refractivity contribution in [2.75, 3.05) is 0 Å². The van der Waals surface area contributed by atoms with E-state index in [4.69, 9.17) is 15.8 Å². The van der Waals surface area contributed by atoms with Crippen molar-refractivity contribution in [2.45, 2.75) is 24.8 Å². The molecule has 4 nitrogen and oxygen atoms in total. The molecule has 0 radical (unpaired) electrons. The van der Waals surface area contributed by atoms with Crippen molar-refractivity contribution in [3.8, 4) is 33.8 Å². The van der Waals surface area contributed by atoms with Crippen LogP contribution >= 0.6 is 0 Å². The van der Waals surface area contributed by atoms with Crippen LogP contribution in [-0.4, -0.2) is 14.6 Å². The van der Waals surface area contributed by atoms with Crippen molar-refractivity contribution < 1.29 is 4.39 Å². The molecule has 6 rings (SSSR count). The summed E-state index contributed by atoms with van der Waals surface area (Å²) >= 11 is 0. The quantitative estimate of drug-likeness (QED) is 0.366. The van der Waals surface area contributed by atoms with Crippen molar-refractivity contribution in [1.29, 1.82) is 0 Å². The van der Waals surface area contributed by atoms with Crippen LogP contribution in [0.5, 0.6) is 0 Å². The summed E-state index contributed by atoms with van der Waals surface area (Å²) in [5, 5.41) is 4.89. The first-order chi connectivity index (χ1) is 16.1. The molecule has 0 spiro atoms. The Labute approximate surface area is 191 Å². The van der Waals surface area contributed by atoms with Crippen molar-refractivity contribution in [3.05, 3.63) is 102 Å². The molecule has 5 heteroatoms. The molecule has 0 bridgehead atoms. The molecular formula is C28H23FN4. The van der Waals surface area contributed by atoms with Gasteiger partial charge in [0.15, 0.2) is 5.65 Å². The highest BCUT2D eigenvalue weighted by atomic mass is 19.1. The molecule has 2 N–H and O–H groups in total. The summed E-state index contributed by atoms with van der Waals surface area (Å²) in [5.41, 5.74) is 13.7. The van der Waals surface area contributed by atoms with E-state index >= 15 is 0 Å². The van der Waals surface area contributed by atoms with Crippen molar-refractivity contribution in [3.63, 3.8) is 0 Å². The maximum Gasteiger partial charge on any atom is 0.155 e. The fourth-order valence-electron chi connectivity index (χ4n) is 4.57. The number of nitrogens with zero attached hydrogens (tertiary/aromatic N) is 3. The van der Waals surface area contributed by atoms with Crippen molar-refractivity contribution in [1.82, 2.24) is 14.6 Å². The second-order valence-corrected chi connectivity index (χ2v) is 8.76.